The van der Waals surface area contributed by atoms with E-state index in [0.717, 1.165) is 0 Å². The third kappa shape index (κ3) is 4.59. The fraction of sp³-hybridized carbons (Fsp3) is 0.750. The lowest BCUT2D eigenvalue weighted by atomic mass is 10.1. The molecule has 1 aliphatic rings. The minimum absolute atomic E-state index is 0.113. The Morgan fingerprint density at radius 2 is 1.95 bits per heavy atom. The topological polar surface area (TPSA) is 86.9 Å². The molecule has 1 saturated carbocycles. The van der Waals surface area contributed by atoms with Crippen LogP contribution in [0.2, 0.25) is 0 Å². The number of hydrogen-bond donors (Lipinski definition) is 3. The van der Waals surface area contributed by atoms with E-state index in [0.29, 0.717) is 19.1 Å². The predicted octanol–water partition coefficient (Wildman–Crippen LogP) is 1.00. The maximum atomic E-state index is 11.8. The van der Waals surface area contributed by atoms with Crippen LogP contribution in [0.5, 0.6) is 0 Å². The van der Waals surface area contributed by atoms with E-state index < -0.39 is 10.0 Å². The van der Waals surface area contributed by atoms with E-state index in [9.17, 15) is 8.42 Å². The van der Waals surface area contributed by atoms with E-state index in [1.54, 1.807) is 0 Å². The van der Waals surface area contributed by atoms with Gasteiger partial charge in [-0.1, -0.05) is 25.7 Å². The predicted molar refractivity (Wildman–Crippen MR) is 73.3 cm³/mol. The number of rotatable bonds is 6. The number of hydrogen-bond acceptors (Lipinski definition) is 4. The summed E-state index contributed by atoms with van der Waals surface area (Å²) in [6.07, 6.45) is 10.3. The first-order valence-corrected chi connectivity index (χ1v) is 8.38. The Kier molecular flexibility index (Phi) is 5.35. The quantitative estimate of drug-likeness (QED) is 0.538. The largest absolute Gasteiger partial charge is 0.335 e. The van der Waals surface area contributed by atoms with Gasteiger partial charge in [0.15, 0.2) is 5.03 Å². The van der Waals surface area contributed by atoms with Gasteiger partial charge in [-0.2, -0.15) is 0 Å². The van der Waals surface area contributed by atoms with Crippen LogP contribution in [0.25, 0.3) is 0 Å². The second kappa shape index (κ2) is 7.02. The summed E-state index contributed by atoms with van der Waals surface area (Å²) in [6.45, 7) is 1.07. The van der Waals surface area contributed by atoms with Crippen LogP contribution in [-0.2, 0) is 10.0 Å². The molecule has 19 heavy (non-hydrogen) atoms. The molecule has 0 radical (unpaired) electrons. The minimum Gasteiger partial charge on any atom is -0.335 e. The van der Waals surface area contributed by atoms with Crippen molar-refractivity contribution in [2.24, 2.45) is 0 Å². The molecule has 0 aromatic carbocycles. The Morgan fingerprint density at radius 1 is 1.21 bits per heavy atom. The Balaban J connectivity index is 1.69. The molecule has 1 heterocycles. The molecular formula is C12H22N4O2S. The lowest BCUT2D eigenvalue weighted by Crippen LogP contribution is -2.36. The lowest BCUT2D eigenvalue weighted by Gasteiger charge is -2.16. The third-order valence-electron chi connectivity index (χ3n) is 3.47. The van der Waals surface area contributed by atoms with E-state index in [1.165, 1.54) is 51.0 Å². The monoisotopic (exact) mass is 286 g/mol. The smallest absolute Gasteiger partial charge is 0.257 e. The summed E-state index contributed by atoms with van der Waals surface area (Å²) in [5.74, 6) is 0. The van der Waals surface area contributed by atoms with Gasteiger partial charge in [-0.05, 0) is 12.8 Å². The fourth-order valence-electron chi connectivity index (χ4n) is 2.41. The number of imidazole rings is 1. The number of nitrogens with zero attached hydrogens (tertiary/aromatic N) is 1. The highest BCUT2D eigenvalue weighted by atomic mass is 32.2. The maximum Gasteiger partial charge on any atom is 0.257 e. The van der Waals surface area contributed by atoms with Crippen molar-refractivity contribution in [3.8, 4) is 0 Å². The molecule has 1 fully saturated rings. The zero-order valence-corrected chi connectivity index (χ0v) is 11.9. The minimum atomic E-state index is -3.44. The van der Waals surface area contributed by atoms with Gasteiger partial charge in [0.2, 0.25) is 0 Å². The van der Waals surface area contributed by atoms with Gasteiger partial charge in [-0.25, -0.2) is 18.1 Å². The van der Waals surface area contributed by atoms with Crippen LogP contribution >= 0.6 is 0 Å². The molecule has 0 spiro atoms. The first-order valence-electron chi connectivity index (χ1n) is 6.90. The molecule has 7 heteroatoms. The number of aromatic nitrogens is 2. The van der Waals surface area contributed by atoms with Crippen molar-refractivity contribution < 1.29 is 8.42 Å². The summed E-state index contributed by atoms with van der Waals surface area (Å²) in [5.41, 5.74) is 0. The summed E-state index contributed by atoms with van der Waals surface area (Å²) in [7, 11) is -3.44. The van der Waals surface area contributed by atoms with E-state index in [1.807, 2.05) is 0 Å². The van der Waals surface area contributed by atoms with Gasteiger partial charge >= 0.3 is 0 Å². The van der Waals surface area contributed by atoms with Gasteiger partial charge in [0, 0.05) is 19.1 Å². The van der Waals surface area contributed by atoms with Crippen molar-refractivity contribution in [3.63, 3.8) is 0 Å². The Labute approximate surface area is 114 Å². The van der Waals surface area contributed by atoms with E-state index in [-0.39, 0.29) is 5.03 Å². The normalized spacial score (nSPS) is 18.3. The van der Waals surface area contributed by atoms with E-state index in [4.69, 9.17) is 0 Å². The van der Waals surface area contributed by atoms with Gasteiger partial charge in [0.05, 0.1) is 12.5 Å². The molecule has 0 saturated heterocycles. The zero-order valence-electron chi connectivity index (χ0n) is 11.1. The highest BCUT2D eigenvalue weighted by Gasteiger charge is 2.15. The molecule has 0 atom stereocenters. The molecular weight excluding hydrogens is 264 g/mol. The second-order valence-electron chi connectivity index (χ2n) is 4.96. The first-order chi connectivity index (χ1) is 9.18. The van der Waals surface area contributed by atoms with Crippen LogP contribution in [0.15, 0.2) is 17.6 Å². The molecule has 0 amide bonds. The van der Waals surface area contributed by atoms with Gasteiger partial charge in [0.25, 0.3) is 10.0 Å². The van der Waals surface area contributed by atoms with Crippen molar-refractivity contribution in [2.75, 3.05) is 13.1 Å². The van der Waals surface area contributed by atoms with Crippen LogP contribution in [0.3, 0.4) is 0 Å². The van der Waals surface area contributed by atoms with Crippen molar-refractivity contribution in [2.45, 2.75) is 49.6 Å². The molecule has 0 unspecified atom stereocenters. The summed E-state index contributed by atoms with van der Waals surface area (Å²) < 4.78 is 26.1. The molecule has 0 aliphatic heterocycles. The van der Waals surface area contributed by atoms with Crippen LogP contribution < -0.4 is 10.0 Å². The second-order valence-corrected chi connectivity index (χ2v) is 6.69. The summed E-state index contributed by atoms with van der Waals surface area (Å²) in [6, 6.07) is 0.541. The highest BCUT2D eigenvalue weighted by molar-refractivity contribution is 7.89. The van der Waals surface area contributed by atoms with Gasteiger partial charge in [-0.15, -0.1) is 0 Å². The van der Waals surface area contributed by atoms with E-state index in [2.05, 4.69) is 20.0 Å². The van der Waals surface area contributed by atoms with Crippen molar-refractivity contribution in [3.05, 3.63) is 12.5 Å². The van der Waals surface area contributed by atoms with Crippen LogP contribution in [0, 0.1) is 0 Å². The average Bonchev–Trinajstić information content (AvgIpc) is 2.81. The standard InChI is InChI=1S/C12H22N4O2S/c17-19(18,12-9-13-10-15-12)16-8-7-14-11-5-3-1-2-4-6-11/h9-11,14,16H,1-8H2,(H,13,15). The fourth-order valence-corrected chi connectivity index (χ4v) is 3.35. The van der Waals surface area contributed by atoms with Crippen LogP contribution in [-0.4, -0.2) is 37.5 Å². The Bertz CT molecular complexity index is 450. The van der Waals surface area contributed by atoms with Crippen molar-refractivity contribution in [1.29, 1.82) is 0 Å². The lowest BCUT2D eigenvalue weighted by molar-refractivity contribution is 0.461. The van der Waals surface area contributed by atoms with Crippen LogP contribution in [0.4, 0.5) is 0 Å². The van der Waals surface area contributed by atoms with Crippen molar-refractivity contribution >= 4 is 10.0 Å². The molecule has 108 valence electrons. The molecule has 1 aromatic rings. The summed E-state index contributed by atoms with van der Waals surface area (Å²) in [5, 5.41) is 3.54. The molecule has 0 bridgehead atoms. The number of nitrogens with one attached hydrogen (secondary N) is 3. The SMILES string of the molecule is O=S(=O)(NCCNC1CCCCCC1)c1cnc[nH]1. The number of sulfonamides is 1. The molecule has 6 nitrogen and oxygen atoms in total. The molecule has 1 aliphatic carbocycles. The van der Waals surface area contributed by atoms with Gasteiger partial charge < -0.3 is 10.3 Å². The molecule has 1 aromatic heterocycles. The Hall–Kier alpha value is -0.920. The van der Waals surface area contributed by atoms with Crippen molar-refractivity contribution in [1.82, 2.24) is 20.0 Å². The van der Waals surface area contributed by atoms with Gasteiger partial charge in [-0.3, -0.25) is 0 Å². The molecule has 2 rings (SSSR count). The number of aromatic amines is 1. The third-order valence-corrected chi connectivity index (χ3v) is 4.85. The van der Waals surface area contributed by atoms with Gasteiger partial charge in [0.1, 0.15) is 0 Å². The molecule has 3 N–H and O–H groups in total. The Morgan fingerprint density at radius 3 is 2.58 bits per heavy atom. The summed E-state index contributed by atoms with van der Waals surface area (Å²) >= 11 is 0. The average molecular weight is 286 g/mol. The van der Waals surface area contributed by atoms with Crippen LogP contribution in [0.1, 0.15) is 38.5 Å². The van der Waals surface area contributed by atoms with E-state index >= 15 is 0 Å². The first kappa shape index (κ1) is 14.5. The maximum absolute atomic E-state index is 11.8. The zero-order chi connectivity index (χ0) is 13.6. The summed E-state index contributed by atoms with van der Waals surface area (Å²) in [4.78, 5) is 6.30. The highest BCUT2D eigenvalue weighted by Crippen LogP contribution is 2.16. The number of H-pyrrole nitrogens is 1.